The van der Waals surface area contributed by atoms with Gasteiger partial charge in [0.25, 0.3) is 0 Å². The van der Waals surface area contributed by atoms with Crippen molar-refractivity contribution in [2.24, 2.45) is 0 Å². The smallest absolute Gasteiger partial charge is 0.148 e. The van der Waals surface area contributed by atoms with Crippen molar-refractivity contribution in [1.29, 1.82) is 0 Å². The Kier molecular flexibility index (Phi) is 2.33. The molecule has 4 nitrogen and oxygen atoms in total. The van der Waals surface area contributed by atoms with Gasteiger partial charge in [0.2, 0.25) is 0 Å². The van der Waals surface area contributed by atoms with Gasteiger partial charge in [0.1, 0.15) is 11.6 Å². The van der Waals surface area contributed by atoms with Gasteiger partial charge in [-0.15, -0.1) is 0 Å². The summed E-state index contributed by atoms with van der Waals surface area (Å²) in [7, 11) is 0. The van der Waals surface area contributed by atoms with Gasteiger partial charge in [0.05, 0.1) is 10.2 Å². The summed E-state index contributed by atoms with van der Waals surface area (Å²) >= 11 is 3.43. The average Bonchev–Trinajstić information content (AvgIpc) is 2.46. The second-order valence-electron chi connectivity index (χ2n) is 2.95. The first kappa shape index (κ1) is 9.33. The zero-order valence-corrected chi connectivity index (χ0v) is 9.48. The lowest BCUT2D eigenvalue weighted by atomic mass is 10.4. The lowest BCUT2D eigenvalue weighted by Gasteiger charge is -2.03. The minimum absolute atomic E-state index is 0.770. The maximum Gasteiger partial charge on any atom is 0.148 e. The van der Waals surface area contributed by atoms with Crippen LogP contribution in [0.4, 0.5) is 0 Å². The Morgan fingerprint density at radius 2 is 2.14 bits per heavy atom. The van der Waals surface area contributed by atoms with Crippen molar-refractivity contribution in [2.75, 3.05) is 0 Å². The van der Waals surface area contributed by atoms with Crippen molar-refractivity contribution in [1.82, 2.24) is 19.7 Å². The number of pyridine rings is 1. The van der Waals surface area contributed by atoms with Gasteiger partial charge in [-0.05, 0) is 35.8 Å². The number of hydrogen-bond acceptors (Lipinski definition) is 3. The molecule has 5 heteroatoms. The molecule has 2 heterocycles. The lowest BCUT2D eigenvalue weighted by molar-refractivity contribution is 0.825. The number of aryl methyl sites for hydroxylation is 2. The maximum absolute atomic E-state index is 4.29. The van der Waals surface area contributed by atoms with E-state index in [-0.39, 0.29) is 0 Å². The van der Waals surface area contributed by atoms with Crippen LogP contribution in [0.2, 0.25) is 0 Å². The van der Waals surface area contributed by atoms with E-state index in [1.807, 2.05) is 19.9 Å². The van der Waals surface area contributed by atoms with Gasteiger partial charge in [-0.2, -0.15) is 5.10 Å². The van der Waals surface area contributed by atoms with Crippen LogP contribution in [0.1, 0.15) is 11.6 Å². The highest BCUT2D eigenvalue weighted by Crippen LogP contribution is 2.19. The van der Waals surface area contributed by atoms with Gasteiger partial charge >= 0.3 is 0 Å². The normalized spacial score (nSPS) is 10.5. The number of hydrogen-bond donors (Lipinski definition) is 0. The van der Waals surface area contributed by atoms with E-state index in [2.05, 4.69) is 31.0 Å². The van der Waals surface area contributed by atoms with E-state index >= 15 is 0 Å². The van der Waals surface area contributed by atoms with E-state index in [1.54, 1.807) is 17.1 Å². The monoisotopic (exact) mass is 252 g/mol. The summed E-state index contributed by atoms with van der Waals surface area (Å²) in [6.45, 7) is 3.80. The predicted octanol–water partition coefficient (Wildman–Crippen LogP) is 2.04. The van der Waals surface area contributed by atoms with Gasteiger partial charge in [0.15, 0.2) is 0 Å². The first-order valence-electron chi connectivity index (χ1n) is 4.18. The Morgan fingerprint density at radius 1 is 1.36 bits per heavy atom. The fourth-order valence-electron chi connectivity index (χ4n) is 1.29. The van der Waals surface area contributed by atoms with E-state index in [0.717, 1.165) is 21.8 Å². The molecule has 72 valence electrons. The highest BCUT2D eigenvalue weighted by molar-refractivity contribution is 9.10. The molecule has 0 aliphatic rings. The Morgan fingerprint density at radius 3 is 2.71 bits per heavy atom. The average molecular weight is 253 g/mol. The minimum Gasteiger partial charge on any atom is -0.263 e. The highest BCUT2D eigenvalue weighted by atomic mass is 79.9. The van der Waals surface area contributed by atoms with Gasteiger partial charge in [0, 0.05) is 12.4 Å². The fraction of sp³-hybridized carbons (Fsp3) is 0.222. The van der Waals surface area contributed by atoms with Crippen molar-refractivity contribution in [2.45, 2.75) is 13.8 Å². The largest absolute Gasteiger partial charge is 0.263 e. The molecule has 0 saturated heterocycles. The molecule has 0 spiro atoms. The zero-order chi connectivity index (χ0) is 10.1. The third-order valence-corrected chi connectivity index (χ3v) is 2.47. The molecule has 0 aromatic carbocycles. The SMILES string of the molecule is Cc1nc(C)n(-c2ccncc2Br)n1. The van der Waals surface area contributed by atoms with Crippen LogP contribution in [-0.4, -0.2) is 19.7 Å². The molecule has 0 fully saturated rings. The van der Waals surface area contributed by atoms with Crippen LogP contribution in [-0.2, 0) is 0 Å². The Hall–Kier alpha value is -1.23. The molecule has 0 bridgehead atoms. The van der Waals surface area contributed by atoms with Crippen LogP contribution in [0.25, 0.3) is 5.69 Å². The molecular weight excluding hydrogens is 244 g/mol. The lowest BCUT2D eigenvalue weighted by Crippen LogP contribution is -2.00. The molecule has 14 heavy (non-hydrogen) atoms. The number of nitrogens with zero attached hydrogens (tertiary/aromatic N) is 4. The summed E-state index contributed by atoms with van der Waals surface area (Å²) in [6.07, 6.45) is 3.47. The van der Waals surface area contributed by atoms with Gasteiger partial charge in [-0.3, -0.25) is 4.98 Å². The van der Waals surface area contributed by atoms with Gasteiger partial charge < -0.3 is 0 Å². The van der Waals surface area contributed by atoms with E-state index in [4.69, 9.17) is 0 Å². The number of halogens is 1. The third kappa shape index (κ3) is 1.55. The fourth-order valence-corrected chi connectivity index (χ4v) is 1.71. The van der Waals surface area contributed by atoms with E-state index in [9.17, 15) is 0 Å². The Bertz CT molecular complexity index is 464. The van der Waals surface area contributed by atoms with Crippen LogP contribution in [0.5, 0.6) is 0 Å². The van der Waals surface area contributed by atoms with Crippen molar-refractivity contribution in [3.05, 3.63) is 34.6 Å². The van der Waals surface area contributed by atoms with E-state index in [1.165, 1.54) is 0 Å². The molecule has 0 atom stereocenters. The molecule has 0 aliphatic heterocycles. The van der Waals surface area contributed by atoms with Crippen molar-refractivity contribution >= 4 is 15.9 Å². The summed E-state index contributed by atoms with van der Waals surface area (Å²) in [6, 6.07) is 1.89. The third-order valence-electron chi connectivity index (χ3n) is 1.85. The molecule has 0 saturated carbocycles. The van der Waals surface area contributed by atoms with E-state index < -0.39 is 0 Å². The molecule has 0 N–H and O–H groups in total. The molecule has 0 aliphatic carbocycles. The summed E-state index contributed by atoms with van der Waals surface area (Å²) in [5, 5.41) is 4.29. The summed E-state index contributed by atoms with van der Waals surface area (Å²) < 4.78 is 2.70. The maximum atomic E-state index is 4.29. The molecule has 0 unspecified atom stereocenters. The second-order valence-corrected chi connectivity index (χ2v) is 3.80. The van der Waals surface area contributed by atoms with Crippen molar-refractivity contribution < 1.29 is 0 Å². The van der Waals surface area contributed by atoms with Gasteiger partial charge in [-0.1, -0.05) is 0 Å². The zero-order valence-electron chi connectivity index (χ0n) is 7.90. The van der Waals surface area contributed by atoms with Crippen LogP contribution >= 0.6 is 15.9 Å². The van der Waals surface area contributed by atoms with Crippen molar-refractivity contribution in [3.63, 3.8) is 0 Å². The van der Waals surface area contributed by atoms with Crippen molar-refractivity contribution in [3.8, 4) is 5.69 Å². The molecule has 0 radical (unpaired) electrons. The Balaban J connectivity index is 2.60. The number of rotatable bonds is 1. The second kappa shape index (κ2) is 3.49. The predicted molar refractivity (Wildman–Crippen MR) is 56.3 cm³/mol. The first-order chi connectivity index (χ1) is 6.68. The summed E-state index contributed by atoms with van der Waals surface area (Å²) in [5.74, 6) is 1.64. The van der Waals surface area contributed by atoms with Gasteiger partial charge in [-0.25, -0.2) is 9.67 Å². The molecule has 0 amide bonds. The molecule has 2 aromatic rings. The first-order valence-corrected chi connectivity index (χ1v) is 4.98. The summed E-state index contributed by atoms with van der Waals surface area (Å²) in [4.78, 5) is 8.24. The molecule has 2 aromatic heterocycles. The van der Waals surface area contributed by atoms with Crippen LogP contribution in [0.3, 0.4) is 0 Å². The quantitative estimate of drug-likeness (QED) is 0.781. The topological polar surface area (TPSA) is 43.6 Å². The minimum atomic E-state index is 0.770. The van der Waals surface area contributed by atoms with E-state index in [0.29, 0.717) is 0 Å². The van der Waals surface area contributed by atoms with Crippen LogP contribution < -0.4 is 0 Å². The molecule has 2 rings (SSSR count). The Labute approximate surface area is 90.1 Å². The summed E-state index contributed by atoms with van der Waals surface area (Å²) in [5.41, 5.74) is 0.957. The van der Waals surface area contributed by atoms with Crippen LogP contribution in [0.15, 0.2) is 22.9 Å². The van der Waals surface area contributed by atoms with Crippen LogP contribution in [0, 0.1) is 13.8 Å². The standard InChI is InChI=1S/C9H9BrN4/c1-6-12-7(2)14(13-6)9-3-4-11-5-8(9)10/h3-5H,1-2H3. The highest BCUT2D eigenvalue weighted by Gasteiger charge is 2.07. The number of aromatic nitrogens is 4. The molecular formula is C9H9BrN4.